The first kappa shape index (κ1) is 21.4. The zero-order valence-corrected chi connectivity index (χ0v) is 16.8. The van der Waals surface area contributed by atoms with Crippen molar-refractivity contribution in [1.82, 2.24) is 10.2 Å². The topological polar surface area (TPSA) is 110 Å². The number of amides is 5. The Morgan fingerprint density at radius 3 is 2.23 bits per heavy atom. The highest BCUT2D eigenvalue weighted by Gasteiger charge is 2.56. The van der Waals surface area contributed by atoms with Crippen LogP contribution in [0.5, 0.6) is 0 Å². The van der Waals surface area contributed by atoms with Gasteiger partial charge in [-0.05, 0) is 24.0 Å². The Morgan fingerprint density at radius 1 is 1.03 bits per heavy atom. The van der Waals surface area contributed by atoms with Crippen molar-refractivity contribution in [3.63, 3.8) is 0 Å². The smallest absolute Gasteiger partial charge is 0.320 e. The number of nitrogens with two attached hydrogens (primary N) is 1. The molecule has 1 fully saturated rings. The van der Waals surface area contributed by atoms with Crippen molar-refractivity contribution < 1.29 is 19.2 Å². The van der Waals surface area contributed by atoms with E-state index in [0.29, 0.717) is 16.9 Å². The molecule has 1 aliphatic heterocycles. The first-order valence-corrected chi connectivity index (χ1v) is 10.0. The molecule has 1 aliphatic rings. The van der Waals surface area contributed by atoms with Crippen LogP contribution < -0.4 is 11.1 Å². The van der Waals surface area contributed by atoms with E-state index < -0.39 is 35.2 Å². The fourth-order valence-electron chi connectivity index (χ4n) is 3.75. The van der Waals surface area contributed by atoms with E-state index in [2.05, 4.69) is 5.32 Å². The molecule has 1 heterocycles. The number of imide groups is 4. The van der Waals surface area contributed by atoms with Gasteiger partial charge in [0.15, 0.2) is 5.41 Å². The van der Waals surface area contributed by atoms with E-state index in [4.69, 9.17) is 5.73 Å². The molecule has 156 valence electrons. The fourth-order valence-corrected chi connectivity index (χ4v) is 3.75. The van der Waals surface area contributed by atoms with Crippen LogP contribution in [0.4, 0.5) is 4.79 Å². The Hall–Kier alpha value is -3.32. The van der Waals surface area contributed by atoms with Crippen molar-refractivity contribution in [2.24, 2.45) is 5.73 Å². The maximum atomic E-state index is 13.5. The molecule has 3 rings (SSSR count). The van der Waals surface area contributed by atoms with E-state index in [9.17, 15) is 19.2 Å². The lowest BCUT2D eigenvalue weighted by Gasteiger charge is -2.39. The summed E-state index contributed by atoms with van der Waals surface area (Å²) >= 11 is 0. The molecule has 30 heavy (non-hydrogen) atoms. The molecular formula is C23H25N3O4. The van der Waals surface area contributed by atoms with E-state index in [1.165, 1.54) is 0 Å². The lowest BCUT2D eigenvalue weighted by molar-refractivity contribution is -0.152. The van der Waals surface area contributed by atoms with Crippen LogP contribution in [0.25, 0.3) is 0 Å². The second-order valence-electron chi connectivity index (χ2n) is 7.41. The highest BCUT2D eigenvalue weighted by atomic mass is 16.2. The summed E-state index contributed by atoms with van der Waals surface area (Å²) in [5, 5.41) is 2.21. The average molecular weight is 407 g/mol. The highest BCUT2D eigenvalue weighted by molar-refractivity contribution is 6.28. The number of benzene rings is 2. The van der Waals surface area contributed by atoms with Gasteiger partial charge in [0.2, 0.25) is 5.91 Å². The molecule has 1 unspecified atom stereocenters. The van der Waals surface area contributed by atoms with Crippen molar-refractivity contribution in [1.29, 1.82) is 0 Å². The number of rotatable bonds is 7. The minimum Gasteiger partial charge on any atom is -0.320 e. The molecule has 0 saturated carbocycles. The molecule has 2 atom stereocenters. The molecule has 0 spiro atoms. The van der Waals surface area contributed by atoms with Crippen molar-refractivity contribution in [3.8, 4) is 0 Å². The van der Waals surface area contributed by atoms with Crippen molar-refractivity contribution in [2.45, 2.75) is 44.1 Å². The highest BCUT2D eigenvalue weighted by Crippen LogP contribution is 2.35. The second kappa shape index (κ2) is 9.00. The number of hydrogen-bond acceptors (Lipinski definition) is 5. The summed E-state index contributed by atoms with van der Waals surface area (Å²) in [6.45, 7) is 1.94. The van der Waals surface area contributed by atoms with Crippen LogP contribution in [-0.2, 0) is 26.2 Å². The minimum atomic E-state index is -1.65. The van der Waals surface area contributed by atoms with Gasteiger partial charge in [-0.25, -0.2) is 4.79 Å². The van der Waals surface area contributed by atoms with E-state index >= 15 is 0 Å². The van der Waals surface area contributed by atoms with Gasteiger partial charge in [0.1, 0.15) is 0 Å². The maximum Gasteiger partial charge on any atom is 0.337 e. The maximum absolute atomic E-state index is 13.5. The number of urea groups is 1. The summed E-state index contributed by atoms with van der Waals surface area (Å²) in [6, 6.07) is 15.5. The van der Waals surface area contributed by atoms with E-state index in [0.717, 1.165) is 12.0 Å². The summed E-state index contributed by atoms with van der Waals surface area (Å²) in [7, 11) is 0. The molecule has 7 nitrogen and oxygen atoms in total. The molecule has 5 amide bonds. The summed E-state index contributed by atoms with van der Waals surface area (Å²) in [4.78, 5) is 52.5. The molecule has 1 saturated heterocycles. The van der Waals surface area contributed by atoms with Crippen LogP contribution in [0, 0.1) is 0 Å². The first-order valence-electron chi connectivity index (χ1n) is 10.0. The zero-order valence-electron chi connectivity index (χ0n) is 16.8. The lowest BCUT2D eigenvalue weighted by Crippen LogP contribution is -2.69. The van der Waals surface area contributed by atoms with Crippen LogP contribution in [-0.4, -0.2) is 34.7 Å². The predicted octanol–water partition coefficient (Wildman–Crippen LogP) is 2.29. The quantitative estimate of drug-likeness (QED) is 0.685. The second-order valence-corrected chi connectivity index (χ2v) is 7.41. The number of nitrogens with zero attached hydrogens (tertiary/aromatic N) is 1. The van der Waals surface area contributed by atoms with Gasteiger partial charge >= 0.3 is 6.03 Å². The minimum absolute atomic E-state index is 0.165. The Kier molecular flexibility index (Phi) is 6.42. The van der Waals surface area contributed by atoms with E-state index in [1.807, 2.05) is 37.3 Å². The number of barbiturate groups is 1. The molecule has 0 radical (unpaired) electrons. The van der Waals surface area contributed by atoms with Crippen LogP contribution >= 0.6 is 0 Å². The van der Waals surface area contributed by atoms with Crippen molar-refractivity contribution in [3.05, 3.63) is 71.8 Å². The Bertz CT molecular complexity index is 945. The number of carbonyl (C=O) groups is 4. The average Bonchev–Trinajstić information content (AvgIpc) is 2.75. The van der Waals surface area contributed by atoms with Gasteiger partial charge in [0.05, 0.1) is 6.04 Å². The molecule has 2 aromatic rings. The molecule has 0 aromatic heterocycles. The largest absolute Gasteiger partial charge is 0.337 e. The molecule has 2 aromatic carbocycles. The van der Waals surface area contributed by atoms with Crippen molar-refractivity contribution in [2.75, 3.05) is 0 Å². The third-order valence-corrected chi connectivity index (χ3v) is 5.39. The van der Waals surface area contributed by atoms with Gasteiger partial charge in [0.25, 0.3) is 11.8 Å². The van der Waals surface area contributed by atoms with Crippen molar-refractivity contribution >= 4 is 23.8 Å². The number of unbranched alkanes of at least 4 members (excludes halogenated alkanes) is 1. The van der Waals surface area contributed by atoms with Gasteiger partial charge < -0.3 is 5.73 Å². The van der Waals surface area contributed by atoms with Crippen LogP contribution in [0.3, 0.4) is 0 Å². The Labute approximate surface area is 175 Å². The SMILES string of the molecule is CCCCC1(c2ccccc2)C(=O)NC(=O)N(C(=O)[C@@H](N)Cc2ccccc2)C1=O. The lowest BCUT2D eigenvalue weighted by atomic mass is 9.73. The normalized spacial score (nSPS) is 20.1. The summed E-state index contributed by atoms with van der Waals surface area (Å²) < 4.78 is 0. The Balaban J connectivity index is 1.96. The zero-order chi connectivity index (χ0) is 21.7. The van der Waals surface area contributed by atoms with Gasteiger partial charge in [-0.1, -0.05) is 80.4 Å². The van der Waals surface area contributed by atoms with Gasteiger partial charge in [0, 0.05) is 0 Å². The molecule has 0 bridgehead atoms. The number of nitrogens with one attached hydrogen (secondary N) is 1. The molecule has 3 N–H and O–H groups in total. The molecule has 7 heteroatoms. The summed E-state index contributed by atoms with van der Waals surface area (Å²) in [5.74, 6) is -2.38. The third-order valence-electron chi connectivity index (χ3n) is 5.39. The van der Waals surface area contributed by atoms with Crippen LogP contribution in [0.1, 0.15) is 37.3 Å². The number of hydrogen-bond donors (Lipinski definition) is 2. The van der Waals surface area contributed by atoms with Crippen LogP contribution in [0.15, 0.2) is 60.7 Å². The molecule has 0 aliphatic carbocycles. The van der Waals surface area contributed by atoms with Gasteiger partial charge in [-0.15, -0.1) is 0 Å². The van der Waals surface area contributed by atoms with Gasteiger partial charge in [-0.3, -0.25) is 19.7 Å². The summed E-state index contributed by atoms with van der Waals surface area (Å²) in [6.07, 6.45) is 1.66. The van der Waals surface area contributed by atoms with E-state index in [-0.39, 0.29) is 12.8 Å². The standard InChI is InChI=1S/C23H25N3O4/c1-2-3-14-23(17-12-8-5-9-13-17)20(28)25-22(30)26(21(23)29)19(27)18(24)15-16-10-6-4-7-11-16/h4-13,18H,2-3,14-15,24H2,1H3,(H,25,28,30)/t18-,23?/m0/s1. The third kappa shape index (κ3) is 3.89. The molecular weight excluding hydrogens is 382 g/mol. The van der Waals surface area contributed by atoms with Gasteiger partial charge in [-0.2, -0.15) is 4.90 Å². The number of carbonyl (C=O) groups excluding carboxylic acids is 4. The summed E-state index contributed by atoms with van der Waals surface area (Å²) in [5.41, 5.74) is 5.66. The Morgan fingerprint density at radius 2 is 1.63 bits per heavy atom. The fraction of sp³-hybridized carbons (Fsp3) is 0.304. The van der Waals surface area contributed by atoms with E-state index in [1.54, 1.807) is 30.3 Å². The first-order chi connectivity index (χ1) is 14.4. The monoisotopic (exact) mass is 407 g/mol. The van der Waals surface area contributed by atoms with Crippen LogP contribution in [0.2, 0.25) is 0 Å². The predicted molar refractivity (Wildman–Crippen MR) is 111 cm³/mol.